The second kappa shape index (κ2) is 26.4. The van der Waals surface area contributed by atoms with Crippen molar-refractivity contribution in [2.45, 2.75) is 77.2 Å². The topological polar surface area (TPSA) is 299 Å². The molecule has 548 valence electrons. The molecule has 17 rings (SSSR count). The number of pyridine rings is 3. The van der Waals surface area contributed by atoms with Gasteiger partial charge in [0.15, 0.2) is 23.0 Å². The lowest BCUT2D eigenvalue weighted by atomic mass is 9.94. The molecule has 22 nitrogen and oxygen atoms in total. The number of fused-ring (bicyclic) bond motifs is 5. The van der Waals surface area contributed by atoms with Gasteiger partial charge in [-0.25, -0.2) is 42.1 Å². The van der Waals surface area contributed by atoms with Gasteiger partial charge >= 0.3 is 12.6 Å². The highest BCUT2D eigenvalue weighted by Crippen LogP contribution is 2.55. The first-order valence-corrected chi connectivity index (χ1v) is 36.6. The Labute approximate surface area is 608 Å². The van der Waals surface area contributed by atoms with Crippen LogP contribution in [0.15, 0.2) is 210 Å². The van der Waals surface area contributed by atoms with Crippen LogP contribution in [-0.4, -0.2) is 107 Å². The van der Waals surface area contributed by atoms with Crippen LogP contribution in [-0.2, 0) is 50.7 Å². The minimum atomic E-state index is -3.93. The number of benzene rings is 8. The highest BCUT2D eigenvalue weighted by Gasteiger charge is 2.55. The van der Waals surface area contributed by atoms with Crippen molar-refractivity contribution in [1.29, 1.82) is 0 Å². The van der Waals surface area contributed by atoms with E-state index in [2.05, 4.69) is 73.8 Å². The Morgan fingerprint density at radius 3 is 1.31 bits per heavy atom. The second-order valence-electron chi connectivity index (χ2n) is 26.6. The van der Waals surface area contributed by atoms with E-state index in [1.165, 1.54) is 48.5 Å². The maximum atomic E-state index is 13.5. The number of nitrogens with two attached hydrogens (primary N) is 2. The summed E-state index contributed by atoms with van der Waals surface area (Å²) in [6.45, 7) is 3.88. The van der Waals surface area contributed by atoms with Gasteiger partial charge in [-0.15, -0.1) is 17.6 Å². The number of sulfonamides is 2. The van der Waals surface area contributed by atoms with Crippen LogP contribution in [0.25, 0.3) is 54.8 Å². The van der Waals surface area contributed by atoms with Gasteiger partial charge in [-0.2, -0.15) is 0 Å². The summed E-state index contributed by atoms with van der Waals surface area (Å²) in [4.78, 5) is 58.9. The van der Waals surface area contributed by atoms with Crippen molar-refractivity contribution >= 4 is 93.4 Å². The molecular formula is C77H78F4N10O12S2. The predicted octanol–water partition coefficient (Wildman–Crippen LogP) is 14.2. The molecule has 4 fully saturated rings. The molecule has 0 atom stereocenters. The van der Waals surface area contributed by atoms with E-state index in [1.54, 1.807) is 55.6 Å². The number of hydrogen-bond acceptors (Lipinski definition) is 17. The summed E-state index contributed by atoms with van der Waals surface area (Å²) in [5.41, 5.74) is 1.99. The van der Waals surface area contributed by atoms with Crippen molar-refractivity contribution in [3.05, 3.63) is 217 Å². The molecule has 3 saturated carbocycles. The smallest absolute Gasteiger partial charge is 0.497 e. The zero-order valence-corrected chi connectivity index (χ0v) is 57.9. The number of primary sulfonamides is 2. The minimum Gasteiger partial charge on any atom is -0.497 e. The molecule has 0 unspecified atom stereocenters. The van der Waals surface area contributed by atoms with Crippen molar-refractivity contribution in [2.75, 3.05) is 61.2 Å². The maximum absolute atomic E-state index is 13.5. The lowest BCUT2D eigenvalue weighted by Crippen LogP contribution is -2.45. The standard InChI is InChI=1S/2C26H19F2N3O5S.C25H28N4O2.6H2/c27-26(28)35-20-9-8-17(14-21(20)36-26)25(10-11-25)24(32)31-22-13-15-4-1-2-7-19(15)23(30-22)16-5-3-6-18(12-16)37(29,33)34;27-26(28)35-20-10-7-17(14-21(20)36-26)25(11-12-25)24(32)31-22-13-16-3-1-2-4-19(16)23(30-22)15-5-8-18(9-6-15)37(29,33)34;1-28-13-15-29(16-14-28)23-21-6-4-3-5-18(21)17-22(26-23)27-24(30)25(11-12-25)19-7-9-20(31-2)10-8-19;;;;;;/h1-9,12-14H,10-11H2,(H2,29,33,34)(H,30,31,32);1-10,13-14H,11-12H2,(H2,29,33,34)(H,30,31,32);3-10,17H,11-16H2,1-2H3,(H,26,27,30);6*1H. The van der Waals surface area contributed by atoms with Crippen LogP contribution in [0.4, 0.5) is 40.8 Å². The number of carbonyl (C=O) groups excluding carboxylic acids is 3. The van der Waals surface area contributed by atoms with Crippen molar-refractivity contribution in [1.82, 2.24) is 19.9 Å². The summed E-state index contributed by atoms with van der Waals surface area (Å²) in [7, 11) is -3.99. The summed E-state index contributed by atoms with van der Waals surface area (Å²) in [6, 6.07) is 57.2. The molecular weight excluding hydrogens is 1400 g/mol. The lowest BCUT2D eigenvalue weighted by Gasteiger charge is -2.34. The number of amides is 3. The van der Waals surface area contributed by atoms with Gasteiger partial charge in [0.2, 0.25) is 37.8 Å². The van der Waals surface area contributed by atoms with Gasteiger partial charge in [0.25, 0.3) is 0 Å². The number of halogens is 4. The second-order valence-corrected chi connectivity index (χ2v) is 29.8. The number of piperazine rings is 1. The largest absolute Gasteiger partial charge is 0.586 e. The number of nitrogens with zero attached hydrogens (tertiary/aromatic N) is 5. The Morgan fingerprint density at radius 1 is 0.448 bits per heavy atom. The third-order valence-electron chi connectivity index (χ3n) is 19.7. The average molecular weight is 1480 g/mol. The first kappa shape index (κ1) is 69.4. The lowest BCUT2D eigenvalue weighted by molar-refractivity contribution is -0.287. The fourth-order valence-corrected chi connectivity index (χ4v) is 14.6. The van der Waals surface area contributed by atoms with Gasteiger partial charge in [0, 0.05) is 62.0 Å². The number of nitrogens with one attached hydrogen (secondary N) is 3. The number of methoxy groups -OCH3 is 1. The molecule has 3 aliphatic heterocycles. The molecule has 3 aliphatic carbocycles. The molecule has 0 radical (unpaired) electrons. The number of aromatic nitrogens is 3. The van der Waals surface area contributed by atoms with Gasteiger partial charge in [-0.1, -0.05) is 121 Å². The zero-order chi connectivity index (χ0) is 73.4. The normalized spacial score (nSPS) is 17.3. The molecule has 0 spiro atoms. The molecule has 1 saturated heterocycles. The maximum Gasteiger partial charge on any atom is 0.586 e. The Morgan fingerprint density at radius 2 is 0.857 bits per heavy atom. The quantitative estimate of drug-likeness (QED) is 0.0596. The number of carbonyl (C=O) groups is 3. The van der Waals surface area contributed by atoms with Crippen LogP contribution < -0.4 is 54.8 Å². The molecule has 6 aliphatic rings. The van der Waals surface area contributed by atoms with Crippen molar-refractivity contribution in [3.8, 4) is 51.3 Å². The summed E-state index contributed by atoms with van der Waals surface area (Å²) in [5, 5.41) is 24.8. The fraction of sp³-hybridized carbons (Fsp3) is 0.221. The van der Waals surface area contributed by atoms with Crippen LogP contribution >= 0.6 is 0 Å². The number of hydrogen-bond donors (Lipinski definition) is 5. The van der Waals surface area contributed by atoms with Crippen LogP contribution in [0.3, 0.4) is 0 Å². The molecule has 6 heterocycles. The van der Waals surface area contributed by atoms with E-state index in [-0.39, 0.29) is 64.9 Å². The molecule has 0 bridgehead atoms. The van der Waals surface area contributed by atoms with E-state index in [0.717, 1.165) is 88.5 Å². The number of rotatable bonds is 15. The first-order chi connectivity index (χ1) is 50.2. The van der Waals surface area contributed by atoms with E-state index in [0.29, 0.717) is 71.0 Å². The monoisotopic (exact) mass is 1470 g/mol. The van der Waals surface area contributed by atoms with E-state index in [1.807, 2.05) is 91.0 Å². The van der Waals surface area contributed by atoms with Gasteiger partial charge in [-0.3, -0.25) is 14.4 Å². The zero-order valence-electron chi connectivity index (χ0n) is 56.2. The minimum absolute atomic E-state index is 0. The van der Waals surface area contributed by atoms with Gasteiger partial charge in [0.1, 0.15) is 29.0 Å². The predicted molar refractivity (Wildman–Crippen MR) is 398 cm³/mol. The van der Waals surface area contributed by atoms with Crippen LogP contribution in [0, 0.1) is 0 Å². The van der Waals surface area contributed by atoms with E-state index in [9.17, 15) is 48.8 Å². The molecule has 105 heavy (non-hydrogen) atoms. The Balaban J connectivity index is 0.000000187. The summed E-state index contributed by atoms with van der Waals surface area (Å²) < 4.78 is 124. The van der Waals surface area contributed by atoms with Gasteiger partial charge in [-0.05, 0) is 157 Å². The highest BCUT2D eigenvalue weighted by molar-refractivity contribution is 7.89. The third kappa shape index (κ3) is 14.1. The first-order valence-electron chi connectivity index (χ1n) is 33.5. The fourth-order valence-electron chi connectivity index (χ4n) is 13.5. The molecule has 28 heteroatoms. The van der Waals surface area contributed by atoms with E-state index >= 15 is 0 Å². The summed E-state index contributed by atoms with van der Waals surface area (Å²) in [6.07, 6.45) is -3.68. The van der Waals surface area contributed by atoms with Crippen molar-refractivity contribution in [2.24, 2.45) is 10.3 Å². The average Bonchev–Trinajstić information content (AvgIpc) is 1.62. The SMILES string of the molecule is COc1ccc(C2(C(=O)Nc3cc4ccccc4c(N4CCN(C)CC4)n3)CC2)cc1.NS(=O)(=O)c1ccc(-c2nc(NC(=O)C3(c4ccc5c(c4)OC(F)(F)O5)CC3)cc3ccccc23)cc1.NS(=O)(=O)c1cccc(-c2nc(NC(=O)C3(c4ccc5c(c4)OC(F)(F)O5)CC3)cc3ccccc23)c1.[HH].[HH].[HH].[HH].[HH].[HH]. The number of ether oxygens (including phenoxy) is 5. The molecule has 8 aromatic carbocycles. The van der Waals surface area contributed by atoms with E-state index < -0.39 is 48.9 Å². The summed E-state index contributed by atoms with van der Waals surface area (Å²) >= 11 is 0. The van der Waals surface area contributed by atoms with E-state index in [4.69, 9.17) is 20.0 Å². The summed E-state index contributed by atoms with van der Waals surface area (Å²) in [5.74, 6) is 1.88. The molecule has 7 N–H and O–H groups in total. The van der Waals surface area contributed by atoms with Crippen LogP contribution in [0.2, 0.25) is 0 Å². The number of alkyl halides is 4. The van der Waals surface area contributed by atoms with Gasteiger partial charge in [0.05, 0.1) is 44.5 Å². The Bertz CT molecular complexity index is 5600. The number of anilines is 4. The molecule has 3 amide bonds. The van der Waals surface area contributed by atoms with Crippen molar-refractivity contribution in [3.63, 3.8) is 0 Å². The van der Waals surface area contributed by atoms with Crippen molar-refractivity contribution < 1.29 is 81.0 Å². The van der Waals surface area contributed by atoms with Gasteiger partial charge < -0.3 is 49.4 Å². The Kier molecular flexibility index (Phi) is 17.5. The number of likely N-dealkylation sites (N-methyl/N-ethyl adjacent to an activating group) is 1. The van der Waals surface area contributed by atoms with Crippen LogP contribution in [0.1, 0.15) is 63.8 Å². The molecule has 3 aromatic heterocycles. The third-order valence-corrected chi connectivity index (χ3v) is 21.6. The van der Waals surface area contributed by atoms with Crippen LogP contribution in [0.5, 0.6) is 28.7 Å². The highest BCUT2D eigenvalue weighted by atomic mass is 32.2. The Hall–Kier alpha value is -11.3. The molecule has 11 aromatic rings.